The first-order valence-corrected chi connectivity index (χ1v) is 8.15. The van der Waals surface area contributed by atoms with Gasteiger partial charge in [0.2, 0.25) is 5.91 Å². The number of nitrogens with zero attached hydrogens (tertiary/aromatic N) is 4. The van der Waals surface area contributed by atoms with Gasteiger partial charge in [0, 0.05) is 19.2 Å². The molecule has 1 amide bonds. The number of hydrogen-bond acceptors (Lipinski definition) is 5. The lowest BCUT2D eigenvalue weighted by Crippen LogP contribution is -2.32. The van der Waals surface area contributed by atoms with Crippen molar-refractivity contribution in [3.8, 4) is 0 Å². The molecule has 0 saturated carbocycles. The van der Waals surface area contributed by atoms with Crippen LogP contribution in [0.15, 0.2) is 30.5 Å². The Morgan fingerprint density at radius 2 is 2.12 bits per heavy atom. The summed E-state index contributed by atoms with van der Waals surface area (Å²) in [5.41, 5.74) is 1.91. The van der Waals surface area contributed by atoms with Crippen molar-refractivity contribution in [3.63, 3.8) is 0 Å². The molecule has 0 atom stereocenters. The van der Waals surface area contributed by atoms with Gasteiger partial charge in [0.15, 0.2) is 5.82 Å². The molecule has 0 aliphatic heterocycles. The zero-order valence-corrected chi connectivity index (χ0v) is 14.7. The predicted octanol–water partition coefficient (Wildman–Crippen LogP) is 2.23. The molecule has 0 fully saturated rings. The highest BCUT2D eigenvalue weighted by Gasteiger charge is 2.18. The third-order valence-electron chi connectivity index (χ3n) is 4.01. The van der Waals surface area contributed by atoms with Crippen LogP contribution in [0.25, 0.3) is 0 Å². The Hall–Kier alpha value is -2.74. The van der Waals surface area contributed by atoms with Crippen molar-refractivity contribution in [1.29, 1.82) is 0 Å². The van der Waals surface area contributed by atoms with Crippen LogP contribution in [0, 0.1) is 17.0 Å². The number of likely N-dealkylation sites (N-methyl/N-ethyl adjacent to an activating group) is 1. The number of carbonyl (C=O) groups is 1. The number of hydrogen-bond donors (Lipinski definition) is 1. The summed E-state index contributed by atoms with van der Waals surface area (Å²) >= 11 is 0. The van der Waals surface area contributed by atoms with Crippen molar-refractivity contribution >= 4 is 17.4 Å². The number of nitrogens with one attached hydrogen (secondary N) is 1. The monoisotopic (exact) mass is 345 g/mol. The average molecular weight is 345 g/mol. The molecular formula is C17H23N5O3. The minimum atomic E-state index is -0.450. The highest BCUT2D eigenvalue weighted by molar-refractivity contribution is 5.92. The van der Waals surface area contributed by atoms with E-state index in [4.69, 9.17) is 0 Å². The van der Waals surface area contributed by atoms with Crippen LogP contribution in [0.5, 0.6) is 0 Å². The Morgan fingerprint density at radius 1 is 1.40 bits per heavy atom. The van der Waals surface area contributed by atoms with Crippen LogP contribution in [0.3, 0.4) is 0 Å². The Kier molecular flexibility index (Phi) is 6.24. The summed E-state index contributed by atoms with van der Waals surface area (Å²) in [5.74, 6) is 0.439. The molecule has 1 aromatic heterocycles. The molecule has 0 saturated heterocycles. The van der Waals surface area contributed by atoms with Gasteiger partial charge in [-0.25, -0.2) is 9.55 Å². The molecule has 0 spiro atoms. The number of imidazole rings is 1. The van der Waals surface area contributed by atoms with E-state index in [-0.39, 0.29) is 18.3 Å². The third kappa shape index (κ3) is 4.87. The Bertz CT molecular complexity index is 756. The fraction of sp³-hybridized carbons (Fsp3) is 0.412. The number of nitro groups is 1. The van der Waals surface area contributed by atoms with Crippen LogP contribution in [-0.4, -0.2) is 45.4 Å². The lowest BCUT2D eigenvalue weighted by atomic mass is 10.1. The van der Waals surface area contributed by atoms with E-state index in [0.29, 0.717) is 18.9 Å². The molecule has 1 heterocycles. The van der Waals surface area contributed by atoms with Gasteiger partial charge in [0.05, 0.1) is 6.54 Å². The van der Waals surface area contributed by atoms with Gasteiger partial charge in [0.25, 0.3) is 0 Å². The van der Waals surface area contributed by atoms with Crippen LogP contribution in [-0.2, 0) is 17.8 Å². The smallest absolute Gasteiger partial charge is 0.342 e. The molecule has 2 aromatic rings. The quantitative estimate of drug-likeness (QED) is 0.585. The molecule has 2 rings (SSSR count). The van der Waals surface area contributed by atoms with Crippen molar-refractivity contribution in [3.05, 3.63) is 52.0 Å². The van der Waals surface area contributed by atoms with Gasteiger partial charge >= 0.3 is 5.82 Å². The molecule has 0 aliphatic rings. The number of amides is 1. The molecule has 1 N–H and O–H groups in total. The SMILES string of the molecule is CCc1ccccc1NC(=O)CN(C)CCn1c([N+](=O)[O-])cnc1C. The molecule has 25 heavy (non-hydrogen) atoms. The van der Waals surface area contributed by atoms with E-state index in [0.717, 1.165) is 17.7 Å². The number of aromatic nitrogens is 2. The lowest BCUT2D eigenvalue weighted by Gasteiger charge is -2.16. The lowest BCUT2D eigenvalue weighted by molar-refractivity contribution is -0.392. The topological polar surface area (TPSA) is 93.3 Å². The second kappa shape index (κ2) is 8.39. The average Bonchev–Trinajstić information content (AvgIpc) is 2.94. The summed E-state index contributed by atoms with van der Waals surface area (Å²) < 4.78 is 1.54. The van der Waals surface area contributed by atoms with Crippen molar-refractivity contribution in [2.75, 3.05) is 25.5 Å². The van der Waals surface area contributed by atoms with E-state index in [1.165, 1.54) is 6.20 Å². The first kappa shape index (κ1) is 18.6. The number of benzene rings is 1. The van der Waals surface area contributed by atoms with Gasteiger partial charge in [-0.1, -0.05) is 25.1 Å². The van der Waals surface area contributed by atoms with E-state index in [2.05, 4.69) is 10.3 Å². The minimum absolute atomic E-state index is 0.0350. The number of carbonyl (C=O) groups excluding carboxylic acids is 1. The Morgan fingerprint density at radius 3 is 2.80 bits per heavy atom. The molecule has 0 bridgehead atoms. The highest BCUT2D eigenvalue weighted by atomic mass is 16.6. The zero-order valence-electron chi connectivity index (χ0n) is 14.7. The molecular weight excluding hydrogens is 322 g/mol. The van der Waals surface area contributed by atoms with E-state index < -0.39 is 4.92 Å². The first-order chi connectivity index (χ1) is 11.9. The number of aryl methyl sites for hydroxylation is 2. The fourth-order valence-electron chi connectivity index (χ4n) is 2.61. The summed E-state index contributed by atoms with van der Waals surface area (Å²) in [6.45, 7) is 4.87. The van der Waals surface area contributed by atoms with Crippen LogP contribution < -0.4 is 5.32 Å². The normalized spacial score (nSPS) is 10.9. The van der Waals surface area contributed by atoms with Gasteiger partial charge in [-0.15, -0.1) is 0 Å². The number of anilines is 1. The molecule has 0 unspecified atom stereocenters. The van der Waals surface area contributed by atoms with Crippen LogP contribution in [0.4, 0.5) is 11.5 Å². The van der Waals surface area contributed by atoms with Crippen LogP contribution in [0.1, 0.15) is 18.3 Å². The maximum Gasteiger partial charge on any atom is 0.342 e. The highest BCUT2D eigenvalue weighted by Crippen LogP contribution is 2.15. The van der Waals surface area contributed by atoms with Crippen LogP contribution >= 0.6 is 0 Å². The summed E-state index contributed by atoms with van der Waals surface area (Å²) in [7, 11) is 1.81. The van der Waals surface area contributed by atoms with E-state index >= 15 is 0 Å². The minimum Gasteiger partial charge on any atom is -0.358 e. The van der Waals surface area contributed by atoms with E-state index in [1.54, 1.807) is 11.5 Å². The summed E-state index contributed by atoms with van der Waals surface area (Å²) in [6, 6.07) is 7.70. The molecule has 134 valence electrons. The summed E-state index contributed by atoms with van der Waals surface area (Å²) in [5, 5.41) is 13.9. The Balaban J connectivity index is 1.90. The van der Waals surface area contributed by atoms with Crippen molar-refractivity contribution in [2.45, 2.75) is 26.8 Å². The van der Waals surface area contributed by atoms with E-state index in [1.807, 2.05) is 43.1 Å². The molecule has 8 heteroatoms. The molecule has 0 radical (unpaired) electrons. The van der Waals surface area contributed by atoms with E-state index in [9.17, 15) is 14.9 Å². The van der Waals surface area contributed by atoms with Gasteiger partial charge in [-0.3, -0.25) is 9.69 Å². The maximum absolute atomic E-state index is 12.2. The largest absolute Gasteiger partial charge is 0.358 e. The molecule has 8 nitrogen and oxygen atoms in total. The van der Waals surface area contributed by atoms with Gasteiger partial charge in [-0.2, -0.15) is 0 Å². The Labute approximate surface area is 146 Å². The predicted molar refractivity (Wildman–Crippen MR) is 95.6 cm³/mol. The zero-order chi connectivity index (χ0) is 18.4. The summed E-state index contributed by atoms with van der Waals surface area (Å²) in [4.78, 5) is 28.6. The first-order valence-electron chi connectivity index (χ1n) is 8.15. The second-order valence-electron chi connectivity index (χ2n) is 5.87. The van der Waals surface area contributed by atoms with Crippen molar-refractivity contribution < 1.29 is 9.72 Å². The van der Waals surface area contributed by atoms with Crippen molar-refractivity contribution in [1.82, 2.24) is 14.5 Å². The standard InChI is InChI=1S/C17H23N5O3/c1-4-14-7-5-6-8-15(14)19-16(23)12-20(3)9-10-21-13(2)18-11-17(21)22(24)25/h5-8,11H,4,9-10,12H2,1-3H3,(H,19,23). The number of rotatable bonds is 8. The molecule has 1 aromatic carbocycles. The second-order valence-corrected chi connectivity index (χ2v) is 5.87. The number of para-hydroxylation sites is 1. The van der Waals surface area contributed by atoms with Gasteiger partial charge in [0.1, 0.15) is 12.7 Å². The summed E-state index contributed by atoms with van der Waals surface area (Å²) in [6.07, 6.45) is 2.10. The van der Waals surface area contributed by atoms with Crippen molar-refractivity contribution in [2.24, 2.45) is 0 Å². The van der Waals surface area contributed by atoms with Crippen LogP contribution in [0.2, 0.25) is 0 Å². The molecule has 0 aliphatic carbocycles. The fourth-order valence-corrected chi connectivity index (χ4v) is 2.61. The maximum atomic E-state index is 12.2. The van der Waals surface area contributed by atoms with Gasteiger partial charge in [-0.05, 0) is 30.0 Å². The van der Waals surface area contributed by atoms with Gasteiger partial charge < -0.3 is 15.4 Å². The third-order valence-corrected chi connectivity index (χ3v) is 4.01.